The Hall–Kier alpha value is -4.27. The number of nitrogens with one attached hydrogen (secondary N) is 2. The number of para-hydroxylation sites is 1. The minimum Gasteiger partial charge on any atom is -0.383 e. The summed E-state index contributed by atoms with van der Waals surface area (Å²) in [6, 6.07) is 14.3. The van der Waals surface area contributed by atoms with Crippen LogP contribution in [0.4, 0.5) is 28.2 Å². The first-order valence-electron chi connectivity index (χ1n) is 15.0. The number of aryl methyl sites for hydroxylation is 1. The number of alkyl halides is 2. The van der Waals surface area contributed by atoms with Crippen LogP contribution in [0.3, 0.4) is 0 Å². The quantitative estimate of drug-likeness (QED) is 0.257. The molecule has 4 aromatic rings. The van der Waals surface area contributed by atoms with E-state index in [0.29, 0.717) is 25.5 Å². The molecule has 0 aliphatic carbocycles. The van der Waals surface area contributed by atoms with E-state index in [1.54, 1.807) is 27.6 Å². The number of carbonyl (C=O) groups is 1. The molecule has 0 saturated carbocycles. The lowest BCUT2D eigenvalue weighted by atomic mass is 10.1. The Morgan fingerprint density at radius 3 is 2.35 bits per heavy atom. The van der Waals surface area contributed by atoms with Crippen molar-refractivity contribution in [3.63, 3.8) is 0 Å². The van der Waals surface area contributed by atoms with Crippen LogP contribution in [0.25, 0.3) is 16.9 Å². The van der Waals surface area contributed by atoms with Gasteiger partial charge in [-0.15, -0.1) is 0 Å². The largest absolute Gasteiger partial charge is 0.383 e. The number of carbonyl (C=O) groups excluding carboxylic acids is 1. The van der Waals surface area contributed by atoms with Crippen molar-refractivity contribution in [2.45, 2.75) is 31.4 Å². The molecule has 246 valence electrons. The van der Waals surface area contributed by atoms with Crippen LogP contribution in [0, 0.1) is 18.6 Å². The van der Waals surface area contributed by atoms with E-state index in [1.165, 1.54) is 12.1 Å². The molecule has 1 unspecified atom stereocenters. The summed E-state index contributed by atoms with van der Waals surface area (Å²) in [7, 11) is 3.47. The topological polar surface area (TPSA) is 92.5 Å². The van der Waals surface area contributed by atoms with Crippen LogP contribution in [0.15, 0.2) is 67.0 Å². The number of halogens is 4. The second-order valence-electron chi connectivity index (χ2n) is 11.6. The molecule has 2 aromatic heterocycles. The van der Waals surface area contributed by atoms with Crippen LogP contribution >= 0.6 is 0 Å². The van der Waals surface area contributed by atoms with Gasteiger partial charge in [-0.05, 0) is 37.6 Å². The maximum atomic E-state index is 13.3. The van der Waals surface area contributed by atoms with Crippen molar-refractivity contribution in [2.75, 3.05) is 51.8 Å². The van der Waals surface area contributed by atoms with Gasteiger partial charge in [-0.1, -0.05) is 30.3 Å². The van der Waals surface area contributed by atoms with E-state index in [-0.39, 0.29) is 31.2 Å². The molecule has 14 heteroatoms. The van der Waals surface area contributed by atoms with Crippen LogP contribution in [0.1, 0.15) is 12.0 Å². The van der Waals surface area contributed by atoms with E-state index in [4.69, 9.17) is 9.84 Å². The first kappa shape index (κ1) is 33.1. The Bertz CT molecular complexity index is 1580. The Morgan fingerprint density at radius 2 is 1.76 bits per heavy atom. The van der Waals surface area contributed by atoms with Gasteiger partial charge in [0.1, 0.15) is 11.5 Å². The maximum absolute atomic E-state index is 13.3. The van der Waals surface area contributed by atoms with E-state index >= 15 is 0 Å². The average Bonchev–Trinajstić information content (AvgIpc) is 3.74. The van der Waals surface area contributed by atoms with Crippen molar-refractivity contribution < 1.29 is 27.1 Å². The number of benzene rings is 2. The van der Waals surface area contributed by atoms with Gasteiger partial charge in [0.05, 0.1) is 31.6 Å². The monoisotopic (exact) mass is 642 g/mol. The molecule has 2 atom stereocenters. The molecule has 0 spiro atoms. The van der Waals surface area contributed by atoms with Crippen LogP contribution in [0.5, 0.6) is 0 Å². The molecule has 6 rings (SSSR count). The van der Waals surface area contributed by atoms with Gasteiger partial charge >= 0.3 is 6.03 Å². The number of likely N-dealkylation sites (tertiary alicyclic amines) is 2. The molecular weight excluding hydrogens is 604 g/mol. The van der Waals surface area contributed by atoms with Gasteiger partial charge in [-0.3, -0.25) is 19.8 Å². The maximum Gasteiger partial charge on any atom is 0.320 e. The molecule has 0 bridgehead atoms. The second-order valence-corrected chi connectivity index (χ2v) is 11.6. The van der Waals surface area contributed by atoms with E-state index in [0.717, 1.165) is 47.6 Å². The van der Waals surface area contributed by atoms with Crippen molar-refractivity contribution in [1.29, 1.82) is 0 Å². The summed E-state index contributed by atoms with van der Waals surface area (Å²) in [5, 5.41) is 15.2. The van der Waals surface area contributed by atoms with E-state index in [1.807, 2.05) is 50.5 Å². The van der Waals surface area contributed by atoms with Crippen LogP contribution in [-0.4, -0.2) is 99.8 Å². The standard InChI is InChI=1S/C26H34F2N8O2.C6H4F2/c1-18-23(19-11-29-33(2)12-19)32-36(21-7-5-4-6-8-21)24(18)31-25(37)30-20-9-10-35(13-20)22(15-38-3)14-34-16-26(27,28)17-34;7-5-3-1-2-4-6(5)8/h4-8,11-12,20,22H,9-10,13-17H2,1-3H3,(H2,30,31,37);1-4H/t20-,22?;/m0./s1. The number of aromatic nitrogens is 4. The van der Waals surface area contributed by atoms with Gasteiger partial charge in [0.15, 0.2) is 11.6 Å². The summed E-state index contributed by atoms with van der Waals surface area (Å²) in [4.78, 5) is 17.1. The molecule has 2 aromatic carbocycles. The Morgan fingerprint density at radius 1 is 1.09 bits per heavy atom. The summed E-state index contributed by atoms with van der Waals surface area (Å²) in [5.74, 6) is -3.61. The molecule has 2 N–H and O–H groups in total. The number of methoxy groups -OCH3 is 1. The predicted octanol–water partition coefficient (Wildman–Crippen LogP) is 4.71. The molecule has 10 nitrogen and oxygen atoms in total. The zero-order valence-corrected chi connectivity index (χ0v) is 26.0. The van der Waals surface area contributed by atoms with E-state index in [2.05, 4.69) is 20.6 Å². The number of hydrogen-bond donors (Lipinski definition) is 2. The van der Waals surface area contributed by atoms with E-state index < -0.39 is 17.6 Å². The average molecular weight is 643 g/mol. The third-order valence-electron chi connectivity index (χ3n) is 7.97. The van der Waals surface area contributed by atoms with Crippen molar-refractivity contribution in [3.05, 3.63) is 84.2 Å². The Kier molecular flexibility index (Phi) is 10.4. The molecular formula is C32H38F4N8O2. The number of nitrogens with zero attached hydrogens (tertiary/aromatic N) is 6. The fourth-order valence-corrected chi connectivity index (χ4v) is 5.72. The highest BCUT2D eigenvalue weighted by Crippen LogP contribution is 2.31. The molecule has 2 aliphatic heterocycles. The van der Waals surface area contributed by atoms with Gasteiger partial charge in [-0.25, -0.2) is 27.0 Å². The summed E-state index contributed by atoms with van der Waals surface area (Å²) in [5.41, 5.74) is 3.26. The van der Waals surface area contributed by atoms with Gasteiger partial charge in [0.2, 0.25) is 0 Å². The highest BCUT2D eigenvalue weighted by atomic mass is 19.3. The molecule has 2 saturated heterocycles. The van der Waals surface area contributed by atoms with Crippen LogP contribution < -0.4 is 10.6 Å². The van der Waals surface area contributed by atoms with Gasteiger partial charge in [0.25, 0.3) is 5.92 Å². The zero-order valence-electron chi connectivity index (χ0n) is 26.0. The first-order chi connectivity index (χ1) is 22.0. The minimum absolute atomic E-state index is 0.00485. The number of hydrogen-bond acceptors (Lipinski definition) is 6. The lowest BCUT2D eigenvalue weighted by Crippen LogP contribution is -2.60. The SMILES string of the molecule is COCC(CN1CC(F)(F)C1)N1CC[C@H](NC(=O)Nc2c(C)c(-c3cnn(C)c3)nn2-c2ccccc2)C1.Fc1ccccc1F. The van der Waals surface area contributed by atoms with Crippen molar-refractivity contribution in [2.24, 2.45) is 7.05 Å². The highest BCUT2D eigenvalue weighted by Gasteiger charge is 2.45. The van der Waals surface area contributed by atoms with Crippen LogP contribution in [-0.2, 0) is 11.8 Å². The molecule has 2 amide bonds. The number of anilines is 1. The molecule has 46 heavy (non-hydrogen) atoms. The summed E-state index contributed by atoms with van der Waals surface area (Å²) < 4.78 is 59.3. The molecule has 0 radical (unpaired) electrons. The van der Waals surface area contributed by atoms with Gasteiger partial charge in [-0.2, -0.15) is 10.2 Å². The van der Waals surface area contributed by atoms with E-state index in [9.17, 15) is 22.4 Å². The normalized spacial score (nSPS) is 18.4. The lowest BCUT2D eigenvalue weighted by Gasteiger charge is -2.42. The number of amides is 2. The van der Waals surface area contributed by atoms with Crippen molar-refractivity contribution in [1.82, 2.24) is 34.7 Å². The summed E-state index contributed by atoms with van der Waals surface area (Å²) in [6.07, 6.45) is 4.40. The minimum atomic E-state index is -2.59. The fraction of sp³-hybridized carbons (Fsp3) is 0.406. The third kappa shape index (κ3) is 8.11. The fourth-order valence-electron chi connectivity index (χ4n) is 5.72. The molecule has 2 fully saturated rings. The predicted molar refractivity (Wildman–Crippen MR) is 166 cm³/mol. The molecule has 4 heterocycles. The van der Waals surface area contributed by atoms with Crippen molar-refractivity contribution >= 4 is 11.8 Å². The summed E-state index contributed by atoms with van der Waals surface area (Å²) >= 11 is 0. The smallest absolute Gasteiger partial charge is 0.320 e. The first-order valence-corrected chi connectivity index (χ1v) is 15.0. The zero-order chi connectivity index (χ0) is 32.8. The lowest BCUT2D eigenvalue weighted by molar-refractivity contribution is -0.137. The second kappa shape index (κ2) is 14.4. The molecule has 2 aliphatic rings. The number of rotatable bonds is 9. The van der Waals surface area contributed by atoms with Crippen molar-refractivity contribution in [3.8, 4) is 16.9 Å². The Labute approximate surface area is 264 Å². The van der Waals surface area contributed by atoms with Gasteiger partial charge in [0, 0.05) is 63.2 Å². The summed E-state index contributed by atoms with van der Waals surface area (Å²) in [6.45, 7) is 3.87. The Balaban J connectivity index is 0.000000455. The highest BCUT2D eigenvalue weighted by molar-refractivity contribution is 5.91. The number of urea groups is 1. The number of ether oxygens (including phenoxy) is 1. The van der Waals surface area contributed by atoms with Gasteiger partial charge < -0.3 is 10.1 Å². The third-order valence-corrected chi connectivity index (χ3v) is 7.97. The van der Waals surface area contributed by atoms with Crippen LogP contribution in [0.2, 0.25) is 0 Å².